The normalized spacial score (nSPS) is 18.5. The molecule has 1 aliphatic heterocycles. The van der Waals surface area contributed by atoms with Crippen molar-refractivity contribution in [3.05, 3.63) is 64.7 Å². The van der Waals surface area contributed by atoms with Gasteiger partial charge in [-0.05, 0) is 49.9 Å². The highest BCUT2D eigenvalue weighted by molar-refractivity contribution is 6.30. The van der Waals surface area contributed by atoms with Crippen molar-refractivity contribution in [2.45, 2.75) is 6.42 Å². The molecule has 1 atom stereocenters. The summed E-state index contributed by atoms with van der Waals surface area (Å²) in [5.74, 6) is 1.43. The molecule has 2 aromatic rings. The summed E-state index contributed by atoms with van der Waals surface area (Å²) < 4.78 is 5.97. The number of halogens is 2. The monoisotopic (exact) mass is 363 g/mol. The van der Waals surface area contributed by atoms with E-state index in [2.05, 4.69) is 55.4 Å². The maximum atomic E-state index is 6.01. The van der Waals surface area contributed by atoms with Gasteiger partial charge in [-0.15, -0.1) is 12.4 Å². The first kappa shape index (κ1) is 18.9. The lowest BCUT2D eigenvalue weighted by Gasteiger charge is -2.22. The molecule has 1 heterocycles. The first-order valence-electron chi connectivity index (χ1n) is 7.97. The molecule has 0 N–H and O–H groups in total. The van der Waals surface area contributed by atoms with E-state index in [-0.39, 0.29) is 12.4 Å². The Balaban J connectivity index is 0.00000208. The molecule has 2 nitrogen and oxygen atoms in total. The van der Waals surface area contributed by atoms with Gasteiger partial charge < -0.3 is 9.64 Å². The fraction of sp³-hybridized carbons (Fsp3) is 0.300. The lowest BCUT2D eigenvalue weighted by atomic mass is 9.88. The summed E-state index contributed by atoms with van der Waals surface area (Å²) in [6.45, 7) is 1.77. The molecule has 1 unspecified atom stereocenters. The molecule has 128 valence electrons. The number of nitrogens with zero attached hydrogens (tertiary/aromatic N) is 1. The fourth-order valence-electron chi connectivity index (χ4n) is 3.08. The fourth-order valence-corrected chi connectivity index (χ4v) is 3.21. The SMILES string of the molecule is CN(C)CC1CCOc2ccccc2C1=Cc1ccc(Cl)cc1.Cl. The Morgan fingerprint density at radius 2 is 1.83 bits per heavy atom. The average Bonchev–Trinajstić information content (AvgIpc) is 2.69. The van der Waals surface area contributed by atoms with E-state index in [1.165, 1.54) is 16.7 Å². The minimum absolute atomic E-state index is 0. The first-order valence-corrected chi connectivity index (χ1v) is 8.35. The Bertz CT molecular complexity index is 695. The predicted octanol–water partition coefficient (Wildman–Crippen LogP) is 5.26. The van der Waals surface area contributed by atoms with Crippen LogP contribution in [0.25, 0.3) is 11.6 Å². The number of para-hydroxylation sites is 1. The largest absolute Gasteiger partial charge is 0.493 e. The predicted molar refractivity (Wildman–Crippen MR) is 105 cm³/mol. The average molecular weight is 364 g/mol. The molecule has 4 heteroatoms. The van der Waals surface area contributed by atoms with Gasteiger partial charge in [0.1, 0.15) is 5.75 Å². The molecular weight excluding hydrogens is 341 g/mol. The van der Waals surface area contributed by atoms with Crippen molar-refractivity contribution in [2.24, 2.45) is 5.92 Å². The summed E-state index contributed by atoms with van der Waals surface area (Å²) in [5, 5.41) is 0.765. The molecule has 0 aliphatic carbocycles. The molecule has 0 saturated carbocycles. The van der Waals surface area contributed by atoms with E-state index in [1.807, 2.05) is 18.2 Å². The number of fused-ring (bicyclic) bond motifs is 1. The lowest BCUT2D eigenvalue weighted by molar-refractivity contribution is 0.279. The number of benzene rings is 2. The molecule has 1 aliphatic rings. The third-order valence-electron chi connectivity index (χ3n) is 4.14. The Kier molecular flexibility index (Phi) is 6.73. The van der Waals surface area contributed by atoms with Crippen LogP contribution in [0.5, 0.6) is 5.75 Å². The highest BCUT2D eigenvalue weighted by Crippen LogP contribution is 2.37. The van der Waals surface area contributed by atoms with E-state index in [1.54, 1.807) is 0 Å². The number of hydrogen-bond donors (Lipinski definition) is 0. The van der Waals surface area contributed by atoms with Crippen LogP contribution >= 0.6 is 24.0 Å². The second-order valence-electron chi connectivity index (χ2n) is 6.24. The van der Waals surface area contributed by atoms with Gasteiger partial charge in [0.15, 0.2) is 0 Å². The number of rotatable bonds is 3. The zero-order valence-electron chi connectivity index (χ0n) is 14.0. The minimum Gasteiger partial charge on any atom is -0.493 e. The van der Waals surface area contributed by atoms with Gasteiger partial charge in [0.25, 0.3) is 0 Å². The zero-order valence-corrected chi connectivity index (χ0v) is 15.6. The second kappa shape index (κ2) is 8.57. The van der Waals surface area contributed by atoms with Gasteiger partial charge in [-0.3, -0.25) is 0 Å². The number of ether oxygens (including phenoxy) is 1. The van der Waals surface area contributed by atoms with Crippen molar-refractivity contribution in [3.8, 4) is 5.75 Å². The molecule has 0 aromatic heterocycles. The number of hydrogen-bond acceptors (Lipinski definition) is 2. The summed E-state index contributed by atoms with van der Waals surface area (Å²) in [5.41, 5.74) is 3.71. The molecule has 0 bridgehead atoms. The summed E-state index contributed by atoms with van der Waals surface area (Å²) in [6, 6.07) is 16.3. The molecule has 0 saturated heterocycles. The van der Waals surface area contributed by atoms with Crippen LogP contribution in [0.1, 0.15) is 17.5 Å². The van der Waals surface area contributed by atoms with Crippen molar-refractivity contribution in [2.75, 3.05) is 27.2 Å². The van der Waals surface area contributed by atoms with Gasteiger partial charge in [0.2, 0.25) is 0 Å². The summed E-state index contributed by atoms with van der Waals surface area (Å²) in [6.07, 6.45) is 3.30. The van der Waals surface area contributed by atoms with Crippen LogP contribution in [0.3, 0.4) is 0 Å². The van der Waals surface area contributed by atoms with Crippen LogP contribution in [-0.2, 0) is 0 Å². The molecule has 3 rings (SSSR count). The maximum absolute atomic E-state index is 6.01. The zero-order chi connectivity index (χ0) is 16.2. The Morgan fingerprint density at radius 1 is 1.12 bits per heavy atom. The first-order chi connectivity index (χ1) is 11.1. The van der Waals surface area contributed by atoms with E-state index >= 15 is 0 Å². The van der Waals surface area contributed by atoms with Crippen molar-refractivity contribution in [1.29, 1.82) is 0 Å². The topological polar surface area (TPSA) is 12.5 Å². The van der Waals surface area contributed by atoms with Crippen LogP contribution in [0.4, 0.5) is 0 Å². The van der Waals surface area contributed by atoms with E-state index in [0.717, 1.165) is 30.3 Å². The molecule has 24 heavy (non-hydrogen) atoms. The summed E-state index contributed by atoms with van der Waals surface area (Å²) in [7, 11) is 4.25. The molecule has 0 spiro atoms. The smallest absolute Gasteiger partial charge is 0.126 e. The van der Waals surface area contributed by atoms with Crippen molar-refractivity contribution in [3.63, 3.8) is 0 Å². The second-order valence-corrected chi connectivity index (χ2v) is 6.68. The third-order valence-corrected chi connectivity index (χ3v) is 4.39. The van der Waals surface area contributed by atoms with Gasteiger partial charge in [-0.1, -0.05) is 48.0 Å². The summed E-state index contributed by atoms with van der Waals surface area (Å²) in [4.78, 5) is 2.24. The van der Waals surface area contributed by atoms with Gasteiger partial charge in [-0.2, -0.15) is 0 Å². The standard InChI is InChI=1S/C20H22ClNO.ClH/c1-22(2)14-16-11-12-23-20-6-4-3-5-18(20)19(16)13-15-7-9-17(21)10-8-15;/h3-10,13,16H,11-12,14H2,1-2H3;1H. The van der Waals surface area contributed by atoms with E-state index in [4.69, 9.17) is 16.3 Å². The Morgan fingerprint density at radius 3 is 2.54 bits per heavy atom. The van der Waals surface area contributed by atoms with Crippen LogP contribution in [0, 0.1) is 5.92 Å². The minimum atomic E-state index is 0. The highest BCUT2D eigenvalue weighted by Gasteiger charge is 2.23. The Labute approximate surface area is 155 Å². The maximum Gasteiger partial charge on any atom is 0.126 e. The van der Waals surface area contributed by atoms with E-state index in [9.17, 15) is 0 Å². The van der Waals surface area contributed by atoms with Crippen LogP contribution in [0.15, 0.2) is 48.5 Å². The summed E-state index contributed by atoms with van der Waals surface area (Å²) >= 11 is 6.01. The molecule has 0 fully saturated rings. The van der Waals surface area contributed by atoms with Crippen molar-refractivity contribution >= 4 is 35.7 Å². The quantitative estimate of drug-likeness (QED) is 0.736. The van der Waals surface area contributed by atoms with Crippen molar-refractivity contribution in [1.82, 2.24) is 4.90 Å². The van der Waals surface area contributed by atoms with Crippen molar-refractivity contribution < 1.29 is 4.74 Å². The molecular formula is C20H23Cl2NO. The van der Waals surface area contributed by atoms with E-state index < -0.39 is 0 Å². The Hall–Kier alpha value is -1.48. The third kappa shape index (κ3) is 4.54. The van der Waals surface area contributed by atoms with Crippen LogP contribution in [0.2, 0.25) is 5.02 Å². The van der Waals surface area contributed by atoms with Gasteiger partial charge in [0.05, 0.1) is 6.61 Å². The molecule has 0 amide bonds. The lowest BCUT2D eigenvalue weighted by Crippen LogP contribution is -2.23. The van der Waals surface area contributed by atoms with Gasteiger partial charge >= 0.3 is 0 Å². The van der Waals surface area contributed by atoms with Crippen LogP contribution < -0.4 is 4.74 Å². The van der Waals surface area contributed by atoms with E-state index in [0.29, 0.717) is 5.92 Å². The van der Waals surface area contributed by atoms with Gasteiger partial charge in [-0.25, -0.2) is 0 Å². The molecule has 0 radical (unpaired) electrons. The highest BCUT2D eigenvalue weighted by atomic mass is 35.5. The molecule has 2 aromatic carbocycles. The van der Waals surface area contributed by atoms with Gasteiger partial charge in [0, 0.05) is 23.0 Å². The van der Waals surface area contributed by atoms with Crippen LogP contribution in [-0.4, -0.2) is 32.1 Å².